The summed E-state index contributed by atoms with van der Waals surface area (Å²) >= 11 is 0. The molecule has 0 saturated heterocycles. The van der Waals surface area contributed by atoms with E-state index in [1.165, 1.54) is 24.3 Å². The molecule has 2 N–H and O–H groups in total. The number of allylic oxidation sites excluding steroid dienone is 5. The number of halogens is 2. The number of aliphatic carboxylic acids is 1. The quantitative estimate of drug-likeness (QED) is 0.669. The third kappa shape index (κ3) is 2.24. The molecule has 0 aliphatic heterocycles. The van der Waals surface area contributed by atoms with Crippen LogP contribution in [0, 0.1) is 28.6 Å². The number of ketones is 1. The van der Waals surface area contributed by atoms with Gasteiger partial charge < -0.3 is 10.2 Å². The molecule has 4 aliphatic rings. The van der Waals surface area contributed by atoms with Gasteiger partial charge >= 0.3 is 5.97 Å². The zero-order valence-corrected chi connectivity index (χ0v) is 16.3. The lowest BCUT2D eigenvalue weighted by Gasteiger charge is -2.61. The topological polar surface area (TPSA) is 74.6 Å². The number of aliphatic hydroxyl groups excluding tert-OH is 1. The van der Waals surface area contributed by atoms with Gasteiger partial charge in [-0.15, -0.1) is 0 Å². The van der Waals surface area contributed by atoms with Crippen molar-refractivity contribution in [2.45, 2.75) is 58.0 Å². The Hall–Kier alpha value is -1.82. The minimum atomic E-state index is -2.11. The van der Waals surface area contributed by atoms with Gasteiger partial charge in [-0.25, -0.2) is 13.6 Å². The third-order valence-electron chi connectivity index (χ3n) is 8.10. The third-order valence-corrected chi connectivity index (χ3v) is 8.10. The number of alkyl halides is 2. The van der Waals surface area contributed by atoms with E-state index in [2.05, 4.69) is 0 Å². The van der Waals surface area contributed by atoms with E-state index in [9.17, 15) is 19.8 Å². The van der Waals surface area contributed by atoms with Crippen molar-refractivity contribution in [3.05, 3.63) is 35.5 Å². The van der Waals surface area contributed by atoms with Gasteiger partial charge in [0.1, 0.15) is 6.17 Å². The van der Waals surface area contributed by atoms with Crippen molar-refractivity contribution < 1.29 is 28.6 Å². The van der Waals surface area contributed by atoms with Crippen molar-refractivity contribution in [2.24, 2.45) is 28.6 Å². The van der Waals surface area contributed by atoms with Crippen molar-refractivity contribution in [3.8, 4) is 0 Å². The molecule has 28 heavy (non-hydrogen) atoms. The highest BCUT2D eigenvalue weighted by Gasteiger charge is 2.71. The molecule has 0 aromatic carbocycles. The fourth-order valence-corrected chi connectivity index (χ4v) is 6.83. The molecule has 4 nitrogen and oxygen atoms in total. The smallest absolute Gasteiger partial charge is 0.328 e. The number of aliphatic hydroxyl groups is 1. The van der Waals surface area contributed by atoms with Crippen molar-refractivity contribution in [2.75, 3.05) is 0 Å². The van der Waals surface area contributed by atoms with E-state index < -0.39 is 40.7 Å². The fourth-order valence-electron chi connectivity index (χ4n) is 6.83. The molecule has 0 heterocycles. The number of hydrogen-bond donors (Lipinski definition) is 2. The van der Waals surface area contributed by atoms with Gasteiger partial charge in [0.05, 0.1) is 6.10 Å². The Labute approximate surface area is 163 Å². The van der Waals surface area contributed by atoms with Crippen LogP contribution in [-0.2, 0) is 9.59 Å². The van der Waals surface area contributed by atoms with Gasteiger partial charge in [0.25, 0.3) is 0 Å². The van der Waals surface area contributed by atoms with E-state index in [4.69, 9.17) is 0 Å². The lowest BCUT2D eigenvalue weighted by Crippen LogP contribution is -2.67. The SMILES string of the molecule is C[C@H]1C[C@H]2[C@@H]3C[C@H](F)C4=CC(=O)C=C[C@]4(C)C3(F)[C@@H](O)C[C@]2(C)/C1=C\C(=O)O. The Morgan fingerprint density at radius 3 is 2.61 bits per heavy atom. The predicted octanol–water partition coefficient (Wildman–Crippen LogP) is 3.56. The van der Waals surface area contributed by atoms with Crippen molar-refractivity contribution in [3.63, 3.8) is 0 Å². The summed E-state index contributed by atoms with van der Waals surface area (Å²) in [4.78, 5) is 23.1. The molecule has 4 aliphatic carbocycles. The van der Waals surface area contributed by atoms with Gasteiger partial charge in [-0.3, -0.25) is 4.79 Å². The zero-order valence-electron chi connectivity index (χ0n) is 16.3. The molecule has 4 rings (SSSR count). The predicted molar refractivity (Wildman–Crippen MR) is 98.9 cm³/mol. The van der Waals surface area contributed by atoms with E-state index in [-0.39, 0.29) is 36.0 Å². The maximum Gasteiger partial charge on any atom is 0.328 e. The number of fused-ring (bicyclic) bond motifs is 5. The Morgan fingerprint density at radius 1 is 1.29 bits per heavy atom. The van der Waals surface area contributed by atoms with Crippen LogP contribution in [-0.4, -0.2) is 39.9 Å². The van der Waals surface area contributed by atoms with Crippen LogP contribution in [0.15, 0.2) is 35.5 Å². The van der Waals surface area contributed by atoms with Gasteiger partial charge in [-0.1, -0.05) is 25.5 Å². The first-order valence-electron chi connectivity index (χ1n) is 9.86. The van der Waals surface area contributed by atoms with Gasteiger partial charge in [-0.2, -0.15) is 0 Å². The summed E-state index contributed by atoms with van der Waals surface area (Å²) in [6.07, 6.45) is 2.71. The number of hydrogen-bond acceptors (Lipinski definition) is 3. The molecule has 0 bridgehead atoms. The molecule has 6 heteroatoms. The van der Waals surface area contributed by atoms with Crippen LogP contribution in [0.4, 0.5) is 8.78 Å². The average Bonchev–Trinajstić information content (AvgIpc) is 2.83. The fraction of sp³-hybridized carbons (Fsp3) is 0.636. The molecule has 0 aromatic heterocycles. The first-order valence-corrected chi connectivity index (χ1v) is 9.86. The van der Waals surface area contributed by atoms with E-state index >= 15 is 8.78 Å². The van der Waals surface area contributed by atoms with Gasteiger partial charge in [-0.05, 0) is 61.2 Å². The maximum atomic E-state index is 16.8. The standard InChI is InChI=1S/C22H26F2O4/c1-11-6-14-15-8-17(23)16-7-12(25)4-5-21(16,3)22(15,24)18(26)10-20(14,2)13(11)9-19(27)28/h4-5,7,9,11,14-15,17-18,26H,6,8,10H2,1-3H3,(H,27,28)/b13-9-/t11-,14-,15-,17-,18-,20+,21-,22?/m0/s1. The number of rotatable bonds is 1. The normalized spacial score (nSPS) is 51.4. The average molecular weight is 392 g/mol. The molecular formula is C22H26F2O4. The van der Waals surface area contributed by atoms with Crippen LogP contribution >= 0.6 is 0 Å². The molecule has 152 valence electrons. The number of carboxylic acid groups (broad SMARTS) is 1. The molecule has 0 amide bonds. The van der Waals surface area contributed by atoms with Crippen LogP contribution < -0.4 is 0 Å². The number of carbonyl (C=O) groups is 2. The van der Waals surface area contributed by atoms with Crippen molar-refractivity contribution in [1.82, 2.24) is 0 Å². The van der Waals surface area contributed by atoms with E-state index in [1.54, 1.807) is 6.92 Å². The number of carboxylic acids is 1. The zero-order chi connectivity index (χ0) is 20.6. The van der Waals surface area contributed by atoms with E-state index in [0.29, 0.717) is 12.0 Å². The Balaban J connectivity index is 1.86. The first-order chi connectivity index (χ1) is 12.9. The monoisotopic (exact) mass is 392 g/mol. The first kappa shape index (κ1) is 19.5. The Bertz CT molecular complexity index is 845. The van der Waals surface area contributed by atoms with Crippen molar-refractivity contribution in [1.29, 1.82) is 0 Å². The molecular weight excluding hydrogens is 366 g/mol. The number of carbonyl (C=O) groups excluding carboxylic acids is 1. The molecule has 3 saturated carbocycles. The molecule has 3 fully saturated rings. The van der Waals surface area contributed by atoms with Crippen LogP contribution in [0.2, 0.25) is 0 Å². The Morgan fingerprint density at radius 2 is 1.96 bits per heavy atom. The molecule has 0 aromatic rings. The molecule has 1 unspecified atom stereocenters. The molecule has 8 atom stereocenters. The Kier molecular flexibility index (Phi) is 4.07. The summed E-state index contributed by atoms with van der Waals surface area (Å²) < 4.78 is 32.0. The van der Waals surface area contributed by atoms with E-state index in [1.807, 2.05) is 13.8 Å². The summed E-state index contributed by atoms with van der Waals surface area (Å²) in [5, 5.41) is 20.3. The highest BCUT2D eigenvalue weighted by molar-refractivity contribution is 6.01. The van der Waals surface area contributed by atoms with Gasteiger partial charge in [0, 0.05) is 17.4 Å². The highest BCUT2D eigenvalue weighted by atomic mass is 19.1. The largest absolute Gasteiger partial charge is 0.478 e. The van der Waals surface area contributed by atoms with Crippen LogP contribution in [0.3, 0.4) is 0 Å². The summed E-state index contributed by atoms with van der Waals surface area (Å²) in [5.41, 5.74) is -3.40. The second kappa shape index (κ2) is 5.85. The van der Waals surface area contributed by atoms with Crippen molar-refractivity contribution >= 4 is 11.8 Å². The summed E-state index contributed by atoms with van der Waals surface area (Å²) in [6, 6.07) is 0. The van der Waals surface area contributed by atoms with Gasteiger partial charge in [0.15, 0.2) is 11.5 Å². The summed E-state index contributed by atoms with van der Waals surface area (Å²) in [6.45, 7) is 5.35. The summed E-state index contributed by atoms with van der Waals surface area (Å²) in [5.74, 6) is -2.55. The lowest BCUT2D eigenvalue weighted by molar-refractivity contribution is -0.191. The van der Waals surface area contributed by atoms with Gasteiger partial charge in [0.2, 0.25) is 0 Å². The maximum absolute atomic E-state index is 16.8. The van der Waals surface area contributed by atoms with Crippen LogP contribution in [0.1, 0.15) is 40.0 Å². The molecule has 0 radical (unpaired) electrons. The lowest BCUT2D eigenvalue weighted by atomic mass is 9.45. The van der Waals surface area contributed by atoms with E-state index in [0.717, 1.165) is 0 Å². The summed E-state index contributed by atoms with van der Waals surface area (Å²) in [7, 11) is 0. The second-order valence-electron chi connectivity index (χ2n) is 9.43. The second-order valence-corrected chi connectivity index (χ2v) is 9.43. The van der Waals surface area contributed by atoms with Crippen LogP contribution in [0.5, 0.6) is 0 Å². The van der Waals surface area contributed by atoms with Crippen LogP contribution in [0.25, 0.3) is 0 Å². The minimum Gasteiger partial charge on any atom is -0.478 e. The minimum absolute atomic E-state index is 0.0769. The highest BCUT2D eigenvalue weighted by Crippen LogP contribution is 2.69. The molecule has 0 spiro atoms.